The summed E-state index contributed by atoms with van der Waals surface area (Å²) in [7, 11) is 0. The van der Waals surface area contributed by atoms with E-state index in [1.54, 1.807) is 0 Å². The molecule has 1 saturated carbocycles. The first-order chi connectivity index (χ1) is 11.2. The van der Waals surface area contributed by atoms with Crippen LogP contribution in [-0.4, -0.2) is 24.1 Å². The van der Waals surface area contributed by atoms with Crippen LogP contribution in [0.25, 0.3) is 0 Å². The molecule has 140 valence electrons. The quantitative estimate of drug-likeness (QED) is 0.581. The van der Waals surface area contributed by atoms with Crippen molar-refractivity contribution in [3.05, 3.63) is 0 Å². The van der Waals surface area contributed by atoms with Crippen molar-refractivity contribution in [2.45, 2.75) is 105 Å². The first-order valence-corrected chi connectivity index (χ1v) is 9.63. The van der Waals surface area contributed by atoms with Crippen LogP contribution in [0.15, 0.2) is 0 Å². The van der Waals surface area contributed by atoms with Crippen LogP contribution >= 0.6 is 0 Å². The fraction of sp³-hybridized carbons (Fsp3) is 0.900. The van der Waals surface area contributed by atoms with E-state index in [0.29, 0.717) is 12.8 Å². The summed E-state index contributed by atoms with van der Waals surface area (Å²) in [4.78, 5) is 25.8. The Morgan fingerprint density at radius 1 is 0.833 bits per heavy atom. The Morgan fingerprint density at radius 2 is 1.17 bits per heavy atom. The summed E-state index contributed by atoms with van der Waals surface area (Å²) in [6.07, 6.45) is 6.66. The maximum absolute atomic E-state index is 12.9. The Balaban J connectivity index is 2.95. The van der Waals surface area contributed by atoms with Crippen molar-refractivity contribution >= 4 is 11.9 Å². The lowest BCUT2D eigenvalue weighted by Gasteiger charge is -2.46. The second-order valence-electron chi connectivity index (χ2n) is 7.88. The zero-order valence-corrected chi connectivity index (χ0v) is 16.4. The van der Waals surface area contributed by atoms with Crippen molar-refractivity contribution in [2.75, 3.05) is 0 Å². The molecule has 1 rings (SSSR count). The van der Waals surface area contributed by atoms with Crippen LogP contribution in [0.2, 0.25) is 0 Å². The second-order valence-corrected chi connectivity index (χ2v) is 7.88. The van der Waals surface area contributed by atoms with Gasteiger partial charge in [-0.1, -0.05) is 39.5 Å². The summed E-state index contributed by atoms with van der Waals surface area (Å²) in [5.74, 6) is -0.489. The van der Waals surface area contributed by atoms with Gasteiger partial charge >= 0.3 is 11.9 Å². The van der Waals surface area contributed by atoms with E-state index in [-0.39, 0.29) is 24.1 Å². The van der Waals surface area contributed by atoms with Gasteiger partial charge in [0, 0.05) is 0 Å². The molecule has 1 fully saturated rings. The molecule has 0 N–H and O–H groups in total. The minimum Gasteiger partial charge on any atom is -0.462 e. The summed E-state index contributed by atoms with van der Waals surface area (Å²) in [6, 6.07) is 0. The molecular formula is C20H36O4. The number of rotatable bonds is 8. The van der Waals surface area contributed by atoms with E-state index in [1.165, 1.54) is 0 Å². The van der Waals surface area contributed by atoms with Gasteiger partial charge in [0.25, 0.3) is 0 Å². The molecule has 1 aliphatic rings. The molecule has 4 nitrogen and oxygen atoms in total. The highest BCUT2D eigenvalue weighted by Gasteiger charge is 2.58. The lowest BCUT2D eigenvalue weighted by atomic mass is 9.57. The molecule has 0 aromatic heterocycles. The third-order valence-corrected chi connectivity index (χ3v) is 5.73. The summed E-state index contributed by atoms with van der Waals surface area (Å²) in [6.45, 7) is 11.8. The topological polar surface area (TPSA) is 52.6 Å². The molecule has 0 saturated heterocycles. The predicted molar refractivity (Wildman–Crippen MR) is 95.6 cm³/mol. The zero-order valence-electron chi connectivity index (χ0n) is 16.4. The van der Waals surface area contributed by atoms with E-state index in [9.17, 15) is 9.59 Å². The molecule has 1 aliphatic carbocycles. The van der Waals surface area contributed by atoms with Crippen LogP contribution in [-0.2, 0) is 19.1 Å². The molecule has 0 aromatic carbocycles. The molecule has 0 amide bonds. The average Bonchev–Trinajstić information content (AvgIpc) is 2.50. The fourth-order valence-electron chi connectivity index (χ4n) is 3.72. The first kappa shape index (κ1) is 21.0. The number of ether oxygens (including phenoxy) is 2. The maximum Gasteiger partial charge on any atom is 0.313 e. The van der Waals surface area contributed by atoms with Gasteiger partial charge in [0.05, 0.1) is 23.0 Å². The van der Waals surface area contributed by atoms with Crippen molar-refractivity contribution in [2.24, 2.45) is 10.8 Å². The van der Waals surface area contributed by atoms with Crippen molar-refractivity contribution in [1.29, 1.82) is 0 Å². The van der Waals surface area contributed by atoms with Crippen LogP contribution in [0, 0.1) is 10.8 Å². The highest BCUT2D eigenvalue weighted by atomic mass is 16.6. The third kappa shape index (κ3) is 4.52. The molecule has 24 heavy (non-hydrogen) atoms. The number of hydrogen-bond acceptors (Lipinski definition) is 4. The van der Waals surface area contributed by atoms with Gasteiger partial charge in [0.15, 0.2) is 0 Å². The van der Waals surface area contributed by atoms with E-state index in [4.69, 9.17) is 9.47 Å². The molecule has 4 heteroatoms. The van der Waals surface area contributed by atoms with Gasteiger partial charge in [0.1, 0.15) is 0 Å². The first-order valence-electron chi connectivity index (χ1n) is 9.63. The third-order valence-electron chi connectivity index (χ3n) is 5.73. The van der Waals surface area contributed by atoms with Crippen LogP contribution in [0.5, 0.6) is 0 Å². The van der Waals surface area contributed by atoms with Crippen LogP contribution in [0.1, 0.15) is 92.9 Å². The Kier molecular flexibility index (Phi) is 7.75. The largest absolute Gasteiger partial charge is 0.462 e. The van der Waals surface area contributed by atoms with Gasteiger partial charge in [-0.15, -0.1) is 0 Å². The second kappa shape index (κ2) is 8.87. The van der Waals surface area contributed by atoms with Gasteiger partial charge in [-0.3, -0.25) is 9.59 Å². The summed E-state index contributed by atoms with van der Waals surface area (Å²) >= 11 is 0. The number of carbonyl (C=O) groups excluding carboxylic acids is 2. The van der Waals surface area contributed by atoms with Gasteiger partial charge in [-0.25, -0.2) is 0 Å². The minimum atomic E-state index is -0.809. The number of esters is 2. The van der Waals surface area contributed by atoms with Gasteiger partial charge in [-0.2, -0.15) is 0 Å². The SMILES string of the molecule is CCCC(C)OC(=O)C1(C)CCCCC1(C)C(=O)OC(C)CCC. The van der Waals surface area contributed by atoms with Crippen molar-refractivity contribution in [1.82, 2.24) is 0 Å². The lowest BCUT2D eigenvalue weighted by Crippen LogP contribution is -2.53. The van der Waals surface area contributed by atoms with E-state index < -0.39 is 10.8 Å². The Labute approximate surface area is 147 Å². The van der Waals surface area contributed by atoms with Crippen molar-refractivity contribution in [3.8, 4) is 0 Å². The predicted octanol–water partition coefficient (Wildman–Crippen LogP) is 5.04. The van der Waals surface area contributed by atoms with E-state index in [1.807, 2.05) is 27.7 Å². The Bertz CT molecular complexity index is 393. The van der Waals surface area contributed by atoms with E-state index >= 15 is 0 Å². The molecule has 0 aliphatic heterocycles. The molecule has 4 atom stereocenters. The average molecular weight is 341 g/mol. The monoisotopic (exact) mass is 340 g/mol. The molecule has 0 aromatic rings. The van der Waals surface area contributed by atoms with Crippen molar-refractivity contribution in [3.63, 3.8) is 0 Å². The lowest BCUT2D eigenvalue weighted by molar-refractivity contribution is -0.189. The van der Waals surface area contributed by atoms with Gasteiger partial charge in [0.2, 0.25) is 0 Å². The van der Waals surface area contributed by atoms with Crippen molar-refractivity contribution < 1.29 is 19.1 Å². The van der Waals surface area contributed by atoms with Gasteiger partial charge in [-0.05, 0) is 53.4 Å². The standard InChI is InChI=1S/C20H36O4/c1-7-11-15(3)23-17(21)19(5)13-9-10-14-20(19,6)18(22)24-16(4)12-8-2/h15-16H,7-14H2,1-6H3. The molecule has 0 bridgehead atoms. The molecule has 0 spiro atoms. The summed E-state index contributed by atoms with van der Waals surface area (Å²) in [5.41, 5.74) is -1.62. The molecule has 4 unspecified atom stereocenters. The minimum absolute atomic E-state index is 0.111. The smallest absolute Gasteiger partial charge is 0.313 e. The van der Waals surface area contributed by atoms with E-state index in [0.717, 1.165) is 38.5 Å². The van der Waals surface area contributed by atoms with Gasteiger partial charge < -0.3 is 9.47 Å². The summed E-state index contributed by atoms with van der Waals surface area (Å²) in [5, 5.41) is 0. The maximum atomic E-state index is 12.9. The summed E-state index contributed by atoms with van der Waals surface area (Å²) < 4.78 is 11.4. The number of hydrogen-bond donors (Lipinski definition) is 0. The highest BCUT2D eigenvalue weighted by Crippen LogP contribution is 2.52. The highest BCUT2D eigenvalue weighted by molar-refractivity contribution is 5.88. The zero-order chi connectivity index (χ0) is 18.4. The van der Waals surface area contributed by atoms with Crippen LogP contribution < -0.4 is 0 Å². The Morgan fingerprint density at radius 3 is 1.46 bits per heavy atom. The fourth-order valence-corrected chi connectivity index (χ4v) is 3.72. The molecule has 0 radical (unpaired) electrons. The normalized spacial score (nSPS) is 29.6. The molecular weight excluding hydrogens is 304 g/mol. The van der Waals surface area contributed by atoms with E-state index in [2.05, 4.69) is 13.8 Å². The molecule has 0 heterocycles. The number of carbonyl (C=O) groups is 2. The Hall–Kier alpha value is -1.06. The van der Waals surface area contributed by atoms with Crippen LogP contribution in [0.4, 0.5) is 0 Å². The van der Waals surface area contributed by atoms with Crippen LogP contribution in [0.3, 0.4) is 0 Å².